The normalized spacial score (nSPS) is 15.0. The Kier molecular flexibility index (Phi) is 10.3. The van der Waals surface area contributed by atoms with Crippen LogP contribution in [-0.4, -0.2) is 49.4 Å². The zero-order chi connectivity index (χ0) is 29.7. The number of benzene rings is 1. The molecule has 0 bridgehead atoms. The maximum atomic E-state index is 13.4. The van der Waals surface area contributed by atoms with Crippen molar-refractivity contribution in [2.75, 3.05) is 25.6 Å². The number of ether oxygens (including phenoxy) is 3. The van der Waals surface area contributed by atoms with Crippen molar-refractivity contribution in [2.45, 2.75) is 62.3 Å². The van der Waals surface area contributed by atoms with Gasteiger partial charge in [0.25, 0.3) is 0 Å². The van der Waals surface area contributed by atoms with Gasteiger partial charge in [-0.05, 0) is 69.6 Å². The van der Waals surface area contributed by atoms with E-state index in [1.807, 2.05) is 18.2 Å². The summed E-state index contributed by atoms with van der Waals surface area (Å²) in [5, 5.41) is 2.41. The van der Waals surface area contributed by atoms with Gasteiger partial charge in [-0.15, -0.1) is 34.4 Å². The van der Waals surface area contributed by atoms with Crippen LogP contribution in [0.2, 0.25) is 0 Å². The monoisotopic (exact) mass is 615 g/mol. The predicted molar refractivity (Wildman–Crippen MR) is 162 cm³/mol. The second-order valence-electron chi connectivity index (χ2n) is 9.46. The summed E-state index contributed by atoms with van der Waals surface area (Å²) in [5.74, 6) is -1.61. The minimum atomic E-state index is -0.659. The molecule has 0 radical (unpaired) electrons. The molecule has 2 heterocycles. The molecule has 8 nitrogen and oxygen atoms in total. The van der Waals surface area contributed by atoms with Gasteiger partial charge in [-0.2, -0.15) is 0 Å². The molecule has 1 aliphatic rings. The minimum Gasteiger partial charge on any atom is -0.465 e. The average molecular weight is 616 g/mol. The van der Waals surface area contributed by atoms with Gasteiger partial charge in [0.05, 0.1) is 40.9 Å². The van der Waals surface area contributed by atoms with Gasteiger partial charge in [0.2, 0.25) is 5.91 Å². The van der Waals surface area contributed by atoms with E-state index in [-0.39, 0.29) is 40.5 Å². The number of thiophene rings is 2. The Bertz CT molecular complexity index is 1440. The standard InChI is InChI=1S/C30H33NO7S3/c1-6-37-28(34)23-20-14-13-19(18-11-9-8-10-12-18)15-21(20)40-30(23)39-17(4)25(32)31-26-22(27(33)36-5)16(3)24(41-26)29(35)38-7-2/h8-12,17,19H,6-7,13-15H2,1-5H3,(H,31,32). The fraction of sp³-hybridized carbons (Fsp3) is 0.400. The number of esters is 3. The summed E-state index contributed by atoms with van der Waals surface area (Å²) in [6.07, 6.45) is 2.51. The SMILES string of the molecule is CCOC(=O)c1sc(NC(=O)C(C)Sc2sc3c(c2C(=O)OCC)CCC(c2ccccc2)C3)c(C(=O)OC)c1C. The van der Waals surface area contributed by atoms with Gasteiger partial charge >= 0.3 is 17.9 Å². The first kappa shape index (κ1) is 30.8. The number of methoxy groups -OCH3 is 1. The van der Waals surface area contributed by atoms with Crippen LogP contribution >= 0.6 is 34.4 Å². The van der Waals surface area contributed by atoms with E-state index in [0.717, 1.165) is 45.2 Å². The molecule has 3 aromatic rings. The van der Waals surface area contributed by atoms with Crippen LogP contribution in [0.5, 0.6) is 0 Å². The Labute approximate surface area is 251 Å². The summed E-state index contributed by atoms with van der Waals surface area (Å²) in [5.41, 5.74) is 3.35. The van der Waals surface area contributed by atoms with Crippen LogP contribution in [0.25, 0.3) is 0 Å². The third-order valence-electron chi connectivity index (χ3n) is 6.87. The summed E-state index contributed by atoms with van der Waals surface area (Å²) < 4.78 is 16.2. The van der Waals surface area contributed by atoms with Crippen LogP contribution in [0.15, 0.2) is 34.5 Å². The molecule has 1 amide bonds. The summed E-state index contributed by atoms with van der Waals surface area (Å²) in [4.78, 5) is 52.8. The number of amides is 1. The quantitative estimate of drug-likeness (QED) is 0.153. The molecule has 218 valence electrons. The number of thioether (sulfide) groups is 1. The molecule has 11 heteroatoms. The molecule has 41 heavy (non-hydrogen) atoms. The van der Waals surface area contributed by atoms with Gasteiger partial charge in [0, 0.05) is 4.88 Å². The van der Waals surface area contributed by atoms with Crippen molar-refractivity contribution in [2.24, 2.45) is 0 Å². The largest absolute Gasteiger partial charge is 0.465 e. The van der Waals surface area contributed by atoms with Crippen LogP contribution < -0.4 is 5.32 Å². The highest BCUT2D eigenvalue weighted by Crippen LogP contribution is 2.45. The zero-order valence-corrected chi connectivity index (χ0v) is 26.1. The molecule has 0 saturated heterocycles. The number of fused-ring (bicyclic) bond motifs is 1. The fourth-order valence-corrected chi connectivity index (χ4v) is 8.81. The Morgan fingerprint density at radius 3 is 2.34 bits per heavy atom. The number of carbonyl (C=O) groups excluding carboxylic acids is 4. The fourth-order valence-electron chi connectivity index (χ4n) is 4.83. The number of carbonyl (C=O) groups is 4. The van der Waals surface area contributed by atoms with Gasteiger partial charge in [-0.25, -0.2) is 14.4 Å². The highest BCUT2D eigenvalue weighted by atomic mass is 32.2. The number of rotatable bonds is 10. The summed E-state index contributed by atoms with van der Waals surface area (Å²) >= 11 is 3.81. The van der Waals surface area contributed by atoms with E-state index < -0.39 is 17.2 Å². The highest BCUT2D eigenvalue weighted by Gasteiger charge is 2.33. The van der Waals surface area contributed by atoms with E-state index in [1.54, 1.807) is 39.0 Å². The van der Waals surface area contributed by atoms with Crippen molar-refractivity contribution in [3.05, 3.63) is 67.9 Å². The molecule has 0 saturated carbocycles. The lowest BCUT2D eigenvalue weighted by atomic mass is 9.83. The van der Waals surface area contributed by atoms with E-state index in [2.05, 4.69) is 17.4 Å². The van der Waals surface area contributed by atoms with Crippen molar-refractivity contribution in [3.63, 3.8) is 0 Å². The van der Waals surface area contributed by atoms with E-state index in [9.17, 15) is 19.2 Å². The molecule has 2 atom stereocenters. The lowest BCUT2D eigenvalue weighted by molar-refractivity contribution is -0.115. The number of anilines is 1. The molecule has 2 unspecified atom stereocenters. The smallest absolute Gasteiger partial charge is 0.348 e. The number of nitrogens with one attached hydrogen (secondary N) is 1. The Morgan fingerprint density at radius 1 is 1.00 bits per heavy atom. The van der Waals surface area contributed by atoms with E-state index in [1.165, 1.54) is 24.4 Å². The van der Waals surface area contributed by atoms with Crippen molar-refractivity contribution in [3.8, 4) is 0 Å². The van der Waals surface area contributed by atoms with Crippen molar-refractivity contribution in [1.82, 2.24) is 0 Å². The molecule has 4 rings (SSSR count). The van der Waals surface area contributed by atoms with Crippen LogP contribution in [0.4, 0.5) is 5.00 Å². The van der Waals surface area contributed by atoms with E-state index >= 15 is 0 Å². The van der Waals surface area contributed by atoms with Gasteiger partial charge in [0.15, 0.2) is 0 Å². The summed E-state index contributed by atoms with van der Waals surface area (Å²) in [6, 6.07) is 10.4. The third-order valence-corrected chi connectivity index (χ3v) is 10.6. The van der Waals surface area contributed by atoms with Gasteiger partial charge in [-0.1, -0.05) is 30.3 Å². The lowest BCUT2D eigenvalue weighted by Gasteiger charge is -2.23. The maximum absolute atomic E-state index is 13.4. The number of hydrogen-bond acceptors (Lipinski definition) is 10. The van der Waals surface area contributed by atoms with Crippen LogP contribution in [0, 0.1) is 6.92 Å². The van der Waals surface area contributed by atoms with Crippen molar-refractivity contribution >= 4 is 63.3 Å². The van der Waals surface area contributed by atoms with Crippen LogP contribution in [0.3, 0.4) is 0 Å². The molecule has 1 aromatic carbocycles. The second-order valence-corrected chi connectivity index (χ2v) is 13.2. The molecular weight excluding hydrogens is 583 g/mol. The van der Waals surface area contributed by atoms with Crippen LogP contribution in [-0.2, 0) is 31.8 Å². The van der Waals surface area contributed by atoms with Crippen molar-refractivity contribution < 1.29 is 33.4 Å². The molecule has 0 fully saturated rings. The minimum absolute atomic E-state index is 0.122. The predicted octanol–water partition coefficient (Wildman–Crippen LogP) is 6.65. The van der Waals surface area contributed by atoms with Gasteiger partial charge in [0.1, 0.15) is 9.88 Å². The first-order valence-corrected chi connectivity index (χ1v) is 15.9. The summed E-state index contributed by atoms with van der Waals surface area (Å²) in [7, 11) is 1.24. The summed E-state index contributed by atoms with van der Waals surface area (Å²) in [6.45, 7) is 7.26. The van der Waals surface area contributed by atoms with Gasteiger partial charge in [-0.3, -0.25) is 4.79 Å². The van der Waals surface area contributed by atoms with Crippen molar-refractivity contribution in [1.29, 1.82) is 0 Å². The molecule has 2 aromatic heterocycles. The molecule has 1 aliphatic carbocycles. The number of hydrogen-bond donors (Lipinski definition) is 1. The molecule has 0 spiro atoms. The first-order chi connectivity index (χ1) is 19.7. The Morgan fingerprint density at radius 2 is 1.68 bits per heavy atom. The Balaban J connectivity index is 1.59. The van der Waals surface area contributed by atoms with Crippen LogP contribution in [0.1, 0.15) is 85.1 Å². The average Bonchev–Trinajstić information content (AvgIpc) is 3.49. The Hall–Kier alpha value is -3.15. The third kappa shape index (κ3) is 6.68. The lowest BCUT2D eigenvalue weighted by Crippen LogP contribution is -2.23. The molecule has 1 N–H and O–H groups in total. The molecule has 0 aliphatic heterocycles. The first-order valence-electron chi connectivity index (χ1n) is 13.4. The topological polar surface area (TPSA) is 108 Å². The molecular formula is C30H33NO7S3. The zero-order valence-electron chi connectivity index (χ0n) is 23.7. The highest BCUT2D eigenvalue weighted by molar-refractivity contribution is 8.02. The second kappa shape index (κ2) is 13.7. The maximum Gasteiger partial charge on any atom is 0.348 e. The van der Waals surface area contributed by atoms with E-state index in [0.29, 0.717) is 17.0 Å². The van der Waals surface area contributed by atoms with Gasteiger partial charge < -0.3 is 19.5 Å². The van der Waals surface area contributed by atoms with E-state index in [4.69, 9.17) is 14.2 Å².